The molecule has 0 fully saturated rings. The molecule has 0 radical (unpaired) electrons. The molecule has 1 atom stereocenters. The molecule has 1 unspecified atom stereocenters. The molecule has 0 saturated heterocycles. The van der Waals surface area contributed by atoms with Gasteiger partial charge < -0.3 is 10.4 Å². The maximum Gasteiger partial charge on any atom is 0.219 e. The molecule has 0 spiro atoms. The third-order valence-electron chi connectivity index (χ3n) is 3.57. The maximum atomic E-state index is 11.2. The van der Waals surface area contributed by atoms with E-state index in [1.165, 1.54) is 24.0 Å². The molecule has 0 saturated carbocycles. The molecule has 1 aromatic rings. The molecule has 0 heterocycles. The van der Waals surface area contributed by atoms with E-state index in [0.717, 1.165) is 18.4 Å². The minimum Gasteiger partial charge on any atom is -0.387 e. The lowest BCUT2D eigenvalue weighted by Gasteiger charge is -2.19. The number of aliphatic hydroxyl groups excluding tert-OH is 1. The summed E-state index contributed by atoms with van der Waals surface area (Å²) in [5.41, 5.74) is 3.68. The first-order valence-electron chi connectivity index (χ1n) is 6.77. The summed E-state index contributed by atoms with van der Waals surface area (Å²) in [6.45, 7) is 2.10. The van der Waals surface area contributed by atoms with Crippen LogP contribution in [-0.4, -0.2) is 17.6 Å². The minimum atomic E-state index is -0.604. The van der Waals surface area contributed by atoms with Crippen molar-refractivity contribution in [2.45, 2.75) is 45.1 Å². The van der Waals surface area contributed by atoms with Crippen molar-refractivity contribution in [1.82, 2.24) is 5.32 Å². The second-order valence-electron chi connectivity index (χ2n) is 4.91. The van der Waals surface area contributed by atoms with Crippen LogP contribution < -0.4 is 5.32 Å². The van der Waals surface area contributed by atoms with Gasteiger partial charge in [0.2, 0.25) is 5.91 Å². The fraction of sp³-hybridized carbons (Fsp3) is 0.533. The lowest BCUT2D eigenvalue weighted by Crippen LogP contribution is -2.27. The number of nitrogens with one attached hydrogen (secondary N) is 1. The van der Waals surface area contributed by atoms with E-state index in [-0.39, 0.29) is 5.91 Å². The van der Waals surface area contributed by atoms with Crippen molar-refractivity contribution in [1.29, 1.82) is 0 Å². The van der Waals surface area contributed by atoms with Gasteiger partial charge >= 0.3 is 0 Å². The van der Waals surface area contributed by atoms with Gasteiger partial charge in [0, 0.05) is 13.0 Å². The molecule has 0 aliphatic heterocycles. The lowest BCUT2D eigenvalue weighted by atomic mass is 9.89. The van der Waals surface area contributed by atoms with Crippen LogP contribution in [0.2, 0.25) is 0 Å². The Bertz CT molecular complexity index is 429. The predicted molar refractivity (Wildman–Crippen MR) is 71.3 cm³/mol. The van der Waals surface area contributed by atoms with Gasteiger partial charge in [0.05, 0.1) is 6.10 Å². The quantitative estimate of drug-likeness (QED) is 0.856. The minimum absolute atomic E-state index is 0.0213. The summed E-state index contributed by atoms with van der Waals surface area (Å²) in [6, 6.07) is 6.19. The molecule has 1 aliphatic rings. The number of aliphatic hydroxyl groups is 1. The van der Waals surface area contributed by atoms with Crippen molar-refractivity contribution in [3.63, 3.8) is 0 Å². The summed E-state index contributed by atoms with van der Waals surface area (Å²) in [5.74, 6) is -0.0213. The standard InChI is InChI=1S/C15H21NO2/c1-2-15(18)16-10-14(17)13-8-7-11-5-3-4-6-12(11)9-13/h7-9,14,17H,2-6,10H2,1H3,(H,16,18). The Morgan fingerprint density at radius 2 is 2.06 bits per heavy atom. The second-order valence-corrected chi connectivity index (χ2v) is 4.91. The summed E-state index contributed by atoms with van der Waals surface area (Å²) in [7, 11) is 0. The largest absolute Gasteiger partial charge is 0.387 e. The van der Waals surface area contributed by atoms with Crippen LogP contribution in [0.4, 0.5) is 0 Å². The Hall–Kier alpha value is -1.35. The van der Waals surface area contributed by atoms with Crippen molar-refractivity contribution < 1.29 is 9.90 Å². The maximum absolute atomic E-state index is 11.2. The summed E-state index contributed by atoms with van der Waals surface area (Å²) in [5, 5.41) is 12.8. The number of fused-ring (bicyclic) bond motifs is 1. The molecule has 3 heteroatoms. The van der Waals surface area contributed by atoms with E-state index in [1.807, 2.05) is 6.07 Å². The van der Waals surface area contributed by atoms with Gasteiger partial charge in [0.25, 0.3) is 0 Å². The fourth-order valence-corrected chi connectivity index (χ4v) is 2.41. The van der Waals surface area contributed by atoms with Gasteiger partial charge in [-0.2, -0.15) is 0 Å². The van der Waals surface area contributed by atoms with E-state index in [9.17, 15) is 9.90 Å². The van der Waals surface area contributed by atoms with Crippen LogP contribution in [0.1, 0.15) is 49.0 Å². The van der Waals surface area contributed by atoms with Gasteiger partial charge in [-0.3, -0.25) is 4.79 Å². The van der Waals surface area contributed by atoms with Crippen molar-refractivity contribution in [2.75, 3.05) is 6.54 Å². The SMILES string of the molecule is CCC(=O)NCC(O)c1ccc2c(c1)CCCC2. The number of aryl methyl sites for hydroxylation is 2. The zero-order valence-electron chi connectivity index (χ0n) is 10.9. The first-order chi connectivity index (χ1) is 8.70. The number of carbonyl (C=O) groups excluding carboxylic acids is 1. The van der Waals surface area contributed by atoms with Gasteiger partial charge in [0.15, 0.2) is 0 Å². The highest BCUT2D eigenvalue weighted by molar-refractivity contribution is 5.75. The Morgan fingerprint density at radius 1 is 1.33 bits per heavy atom. The van der Waals surface area contributed by atoms with E-state index < -0.39 is 6.10 Å². The Kier molecular flexibility index (Phi) is 4.37. The summed E-state index contributed by atoms with van der Waals surface area (Å²) >= 11 is 0. The molecule has 2 N–H and O–H groups in total. The first kappa shape index (κ1) is 13.1. The van der Waals surface area contributed by atoms with Crippen LogP contribution in [0.25, 0.3) is 0 Å². The second kappa shape index (κ2) is 6.01. The summed E-state index contributed by atoms with van der Waals surface area (Å²) in [6.07, 6.45) is 4.61. The molecule has 0 bridgehead atoms. The smallest absolute Gasteiger partial charge is 0.219 e. The van der Waals surface area contributed by atoms with Crippen LogP contribution >= 0.6 is 0 Å². The van der Waals surface area contributed by atoms with E-state index >= 15 is 0 Å². The molecule has 98 valence electrons. The average Bonchev–Trinajstić information content (AvgIpc) is 2.43. The van der Waals surface area contributed by atoms with E-state index in [1.54, 1.807) is 6.92 Å². The van der Waals surface area contributed by atoms with Crippen LogP contribution in [0, 0.1) is 0 Å². The molecular formula is C15H21NO2. The van der Waals surface area contributed by atoms with Crippen molar-refractivity contribution in [3.8, 4) is 0 Å². The molecule has 18 heavy (non-hydrogen) atoms. The zero-order valence-corrected chi connectivity index (χ0v) is 10.9. The highest BCUT2D eigenvalue weighted by atomic mass is 16.3. The third-order valence-corrected chi connectivity index (χ3v) is 3.57. The van der Waals surface area contributed by atoms with Gasteiger partial charge in [-0.05, 0) is 42.4 Å². The molecule has 3 nitrogen and oxygen atoms in total. The molecule has 1 aromatic carbocycles. The summed E-state index contributed by atoms with van der Waals surface area (Å²) in [4.78, 5) is 11.2. The highest BCUT2D eigenvalue weighted by Gasteiger charge is 2.13. The highest BCUT2D eigenvalue weighted by Crippen LogP contribution is 2.24. The monoisotopic (exact) mass is 247 g/mol. The van der Waals surface area contributed by atoms with Crippen molar-refractivity contribution >= 4 is 5.91 Å². The Morgan fingerprint density at radius 3 is 2.78 bits per heavy atom. The average molecular weight is 247 g/mol. The first-order valence-corrected chi connectivity index (χ1v) is 6.77. The molecule has 0 aromatic heterocycles. The van der Waals surface area contributed by atoms with Gasteiger partial charge in [-0.25, -0.2) is 0 Å². The van der Waals surface area contributed by atoms with Gasteiger partial charge in [-0.15, -0.1) is 0 Å². The third kappa shape index (κ3) is 3.10. The number of amides is 1. The number of hydrogen-bond acceptors (Lipinski definition) is 2. The topological polar surface area (TPSA) is 49.3 Å². The van der Waals surface area contributed by atoms with Gasteiger partial charge in [0.1, 0.15) is 0 Å². The zero-order chi connectivity index (χ0) is 13.0. The fourth-order valence-electron chi connectivity index (χ4n) is 2.41. The number of hydrogen-bond donors (Lipinski definition) is 2. The summed E-state index contributed by atoms with van der Waals surface area (Å²) < 4.78 is 0. The van der Waals surface area contributed by atoms with Crippen LogP contribution in [0.15, 0.2) is 18.2 Å². The van der Waals surface area contributed by atoms with Crippen LogP contribution in [-0.2, 0) is 17.6 Å². The predicted octanol–water partition coefficient (Wildman–Crippen LogP) is 2.12. The van der Waals surface area contributed by atoms with Crippen LogP contribution in [0.5, 0.6) is 0 Å². The molecule has 1 amide bonds. The lowest BCUT2D eigenvalue weighted by molar-refractivity contribution is -0.121. The van der Waals surface area contributed by atoms with Crippen molar-refractivity contribution in [3.05, 3.63) is 34.9 Å². The van der Waals surface area contributed by atoms with Crippen LogP contribution in [0.3, 0.4) is 0 Å². The van der Waals surface area contributed by atoms with E-state index in [4.69, 9.17) is 0 Å². The molecule has 1 aliphatic carbocycles. The molecular weight excluding hydrogens is 226 g/mol. The van der Waals surface area contributed by atoms with E-state index in [2.05, 4.69) is 17.4 Å². The Balaban J connectivity index is 2.01. The van der Waals surface area contributed by atoms with Crippen molar-refractivity contribution in [2.24, 2.45) is 0 Å². The number of carbonyl (C=O) groups is 1. The Labute approximate surface area is 108 Å². The number of rotatable bonds is 4. The van der Waals surface area contributed by atoms with Gasteiger partial charge in [-0.1, -0.05) is 25.1 Å². The molecule has 2 rings (SSSR count). The normalized spacial score (nSPS) is 15.9. The number of benzene rings is 1. The van der Waals surface area contributed by atoms with E-state index in [0.29, 0.717) is 13.0 Å².